The topological polar surface area (TPSA) is 76.7 Å². The van der Waals surface area contributed by atoms with E-state index in [0.29, 0.717) is 12.1 Å². The zero-order chi connectivity index (χ0) is 25.9. The molecule has 0 aliphatic heterocycles. The molecule has 0 heterocycles. The minimum atomic E-state index is -6.47. The van der Waals surface area contributed by atoms with Crippen LogP contribution in [-0.4, -0.2) is 36.7 Å². The molecule has 1 atom stereocenters. The quantitative estimate of drug-likeness (QED) is 0.494. The number of imide groups is 1. The summed E-state index contributed by atoms with van der Waals surface area (Å²) in [4.78, 5) is 23.6. The molecule has 16 heteroatoms. The Balaban J connectivity index is 1.99. The summed E-state index contributed by atoms with van der Waals surface area (Å²) in [6.45, 7) is 0. The summed E-state index contributed by atoms with van der Waals surface area (Å²) in [5.41, 5.74) is -1.31. The first-order chi connectivity index (χ1) is 15.5. The molecule has 0 spiro atoms. The Bertz CT molecular complexity index is 1020. The fourth-order valence-electron chi connectivity index (χ4n) is 2.12. The maximum Gasteiger partial charge on any atom is 0.483 e. The molecular formula is C18H10F10N2O4. The number of benzene rings is 2. The number of anilines is 1. The molecule has 34 heavy (non-hydrogen) atoms. The maximum absolute atomic E-state index is 13.5. The van der Waals surface area contributed by atoms with Crippen LogP contribution in [0.4, 0.5) is 54.4 Å². The highest BCUT2D eigenvalue weighted by atomic mass is 19.4. The molecule has 0 saturated carbocycles. The number of hydrogen-bond acceptors (Lipinski definition) is 4. The largest absolute Gasteiger partial charge is 0.483 e. The van der Waals surface area contributed by atoms with Crippen molar-refractivity contribution in [1.29, 1.82) is 0 Å². The van der Waals surface area contributed by atoms with E-state index in [1.807, 2.05) is 5.32 Å². The van der Waals surface area contributed by atoms with Gasteiger partial charge in [-0.1, -0.05) is 6.07 Å². The van der Waals surface area contributed by atoms with E-state index >= 15 is 0 Å². The molecule has 2 aromatic rings. The normalized spacial score (nSPS) is 13.2. The molecule has 0 fully saturated rings. The van der Waals surface area contributed by atoms with Crippen LogP contribution in [-0.2, 0) is 4.74 Å². The van der Waals surface area contributed by atoms with Gasteiger partial charge >= 0.3 is 30.8 Å². The zero-order valence-corrected chi connectivity index (χ0v) is 16.0. The molecule has 2 N–H and O–H groups in total. The van der Waals surface area contributed by atoms with E-state index in [0.717, 1.165) is 30.3 Å². The second kappa shape index (κ2) is 9.74. The van der Waals surface area contributed by atoms with Crippen molar-refractivity contribution in [2.24, 2.45) is 0 Å². The number of nitrogens with one attached hydrogen (secondary N) is 2. The van der Waals surface area contributed by atoms with Gasteiger partial charge in [0, 0.05) is 5.69 Å². The van der Waals surface area contributed by atoms with E-state index in [4.69, 9.17) is 0 Å². The Labute approximate surface area is 182 Å². The van der Waals surface area contributed by atoms with Gasteiger partial charge in [-0.15, -0.1) is 0 Å². The number of alkyl halides is 8. The summed E-state index contributed by atoms with van der Waals surface area (Å²) in [6, 6.07) is 3.97. The number of hydrogen-bond donors (Lipinski definition) is 2. The monoisotopic (exact) mass is 508 g/mol. The molecule has 0 saturated heterocycles. The van der Waals surface area contributed by atoms with Crippen molar-refractivity contribution in [3.8, 4) is 5.75 Å². The van der Waals surface area contributed by atoms with Crippen LogP contribution in [0.1, 0.15) is 10.4 Å². The Morgan fingerprint density at radius 1 is 0.853 bits per heavy atom. The molecule has 2 rings (SSSR count). The lowest BCUT2D eigenvalue weighted by molar-refractivity contribution is -0.442. The predicted molar refractivity (Wildman–Crippen MR) is 91.8 cm³/mol. The SMILES string of the molecule is O=C(NC(=O)c1c(F)cccc1F)Nc1ccc(OC(F)(F)C(F)OC(F)(F)C(F)(F)F)cc1. The molecule has 0 bridgehead atoms. The smallest absolute Gasteiger partial charge is 0.429 e. The van der Waals surface area contributed by atoms with Gasteiger partial charge in [0.15, 0.2) is 0 Å². The van der Waals surface area contributed by atoms with E-state index in [-0.39, 0.29) is 5.69 Å². The number of halogens is 10. The molecule has 0 aliphatic rings. The Morgan fingerprint density at radius 3 is 1.88 bits per heavy atom. The van der Waals surface area contributed by atoms with Crippen LogP contribution in [0.2, 0.25) is 0 Å². The van der Waals surface area contributed by atoms with E-state index in [1.165, 1.54) is 0 Å². The molecule has 2 aromatic carbocycles. The summed E-state index contributed by atoms with van der Waals surface area (Å²) >= 11 is 0. The van der Waals surface area contributed by atoms with Crippen molar-refractivity contribution in [3.05, 3.63) is 59.7 Å². The molecule has 0 aliphatic carbocycles. The van der Waals surface area contributed by atoms with Gasteiger partial charge in [0.05, 0.1) is 0 Å². The summed E-state index contributed by atoms with van der Waals surface area (Å²) in [5.74, 6) is -4.95. The average Bonchev–Trinajstić information content (AvgIpc) is 2.67. The second-order valence-electron chi connectivity index (χ2n) is 6.14. The first-order valence-electron chi connectivity index (χ1n) is 8.53. The highest BCUT2D eigenvalue weighted by molar-refractivity contribution is 6.08. The van der Waals surface area contributed by atoms with Crippen molar-refractivity contribution < 1.29 is 63.0 Å². The molecule has 0 radical (unpaired) electrons. The van der Waals surface area contributed by atoms with Crippen LogP contribution in [0, 0.1) is 11.6 Å². The number of ether oxygens (including phenoxy) is 2. The number of amides is 3. The highest BCUT2D eigenvalue weighted by Crippen LogP contribution is 2.40. The lowest BCUT2D eigenvalue weighted by Crippen LogP contribution is -2.48. The third-order valence-corrected chi connectivity index (χ3v) is 3.63. The van der Waals surface area contributed by atoms with E-state index in [2.05, 4.69) is 9.47 Å². The van der Waals surface area contributed by atoms with Crippen LogP contribution in [0.3, 0.4) is 0 Å². The Hall–Kier alpha value is -3.56. The molecule has 0 aromatic heterocycles. The minimum absolute atomic E-state index is 0.244. The number of carbonyl (C=O) groups is 2. The standard InChI is InChI=1S/C18H10F10N2O4/c19-10-2-1-3-11(20)12(10)13(31)30-15(32)29-8-4-6-9(7-5-8)33-16(22,23)14(21)34-18(27,28)17(24,25)26/h1-7,14H,(H2,29,30,31,32). The first-order valence-corrected chi connectivity index (χ1v) is 8.53. The van der Waals surface area contributed by atoms with Gasteiger partial charge in [0.2, 0.25) is 0 Å². The van der Waals surface area contributed by atoms with Gasteiger partial charge in [-0.3, -0.25) is 14.8 Å². The van der Waals surface area contributed by atoms with E-state index in [1.54, 1.807) is 5.32 Å². The van der Waals surface area contributed by atoms with Gasteiger partial charge in [-0.05, 0) is 36.4 Å². The summed E-state index contributed by atoms with van der Waals surface area (Å²) in [7, 11) is 0. The van der Waals surface area contributed by atoms with Gasteiger partial charge in [-0.2, -0.15) is 30.7 Å². The number of carbonyl (C=O) groups excluding carboxylic acids is 2. The van der Waals surface area contributed by atoms with Crippen molar-refractivity contribution in [2.45, 2.75) is 24.8 Å². The Kier molecular flexibility index (Phi) is 7.65. The van der Waals surface area contributed by atoms with Crippen molar-refractivity contribution in [2.75, 3.05) is 5.32 Å². The summed E-state index contributed by atoms with van der Waals surface area (Å²) in [5, 5.41) is 3.54. The molecule has 3 amide bonds. The third kappa shape index (κ3) is 6.49. The number of urea groups is 1. The van der Waals surface area contributed by atoms with Crippen molar-refractivity contribution in [3.63, 3.8) is 0 Å². The lowest BCUT2D eigenvalue weighted by Gasteiger charge is -2.26. The van der Waals surface area contributed by atoms with Gasteiger partial charge in [0.1, 0.15) is 22.9 Å². The van der Waals surface area contributed by atoms with Crippen LogP contribution in [0.25, 0.3) is 0 Å². The fraction of sp³-hybridized carbons (Fsp3) is 0.222. The summed E-state index contributed by atoms with van der Waals surface area (Å²) < 4.78 is 134. The van der Waals surface area contributed by atoms with Gasteiger partial charge in [0.25, 0.3) is 5.91 Å². The third-order valence-electron chi connectivity index (χ3n) is 3.63. The van der Waals surface area contributed by atoms with Crippen molar-refractivity contribution >= 4 is 17.6 Å². The molecule has 186 valence electrons. The number of rotatable bonds is 7. The maximum atomic E-state index is 13.5. The van der Waals surface area contributed by atoms with Gasteiger partial charge in [-0.25, -0.2) is 18.0 Å². The highest BCUT2D eigenvalue weighted by Gasteiger charge is 2.64. The first kappa shape index (κ1) is 26.7. The fourth-order valence-corrected chi connectivity index (χ4v) is 2.12. The summed E-state index contributed by atoms with van der Waals surface area (Å²) in [6.07, 6.45) is -22.5. The van der Waals surface area contributed by atoms with Crippen LogP contribution in [0.15, 0.2) is 42.5 Å². The average molecular weight is 508 g/mol. The van der Waals surface area contributed by atoms with Crippen LogP contribution >= 0.6 is 0 Å². The van der Waals surface area contributed by atoms with E-state index in [9.17, 15) is 53.5 Å². The Morgan fingerprint density at radius 2 is 1.38 bits per heavy atom. The minimum Gasteiger partial charge on any atom is -0.429 e. The molecular weight excluding hydrogens is 498 g/mol. The predicted octanol–water partition coefficient (Wildman–Crippen LogP) is 5.37. The zero-order valence-electron chi connectivity index (χ0n) is 16.0. The van der Waals surface area contributed by atoms with Crippen molar-refractivity contribution in [1.82, 2.24) is 5.32 Å². The molecule has 1 unspecified atom stereocenters. The lowest BCUT2D eigenvalue weighted by atomic mass is 10.2. The second-order valence-corrected chi connectivity index (χ2v) is 6.14. The van der Waals surface area contributed by atoms with Gasteiger partial charge < -0.3 is 10.1 Å². The molecule has 6 nitrogen and oxygen atoms in total. The van der Waals surface area contributed by atoms with Crippen LogP contribution < -0.4 is 15.4 Å². The van der Waals surface area contributed by atoms with E-state index < -0.39 is 59.6 Å². The van der Waals surface area contributed by atoms with Crippen LogP contribution in [0.5, 0.6) is 5.75 Å².